The maximum absolute atomic E-state index is 5.71. The van der Waals surface area contributed by atoms with Crippen LogP contribution in [0.25, 0.3) is 0 Å². The molecule has 2 atom stereocenters. The van der Waals surface area contributed by atoms with Crippen LogP contribution in [0.15, 0.2) is 0 Å². The van der Waals surface area contributed by atoms with Crippen molar-refractivity contribution in [3.05, 3.63) is 0 Å². The van der Waals surface area contributed by atoms with E-state index in [1.54, 1.807) is 0 Å². The highest BCUT2D eigenvalue weighted by Gasteiger charge is 2.15. The van der Waals surface area contributed by atoms with Gasteiger partial charge in [-0.15, -0.1) is 0 Å². The number of hydrogen-bond acceptors (Lipinski definition) is 2. The van der Waals surface area contributed by atoms with Gasteiger partial charge in [0, 0.05) is 0 Å². The van der Waals surface area contributed by atoms with Gasteiger partial charge in [-0.1, -0.05) is 20.8 Å². The van der Waals surface area contributed by atoms with Gasteiger partial charge in [0.1, 0.15) is 0 Å². The molecule has 0 spiro atoms. The van der Waals surface area contributed by atoms with Gasteiger partial charge in [-0.2, -0.15) is 0 Å². The molecule has 2 unspecified atom stereocenters. The number of nitrogens with zero attached hydrogens (tertiary/aromatic N) is 1. The third-order valence-corrected chi connectivity index (χ3v) is 4.64. The fourth-order valence-corrected chi connectivity index (χ4v) is 3.15. The van der Waals surface area contributed by atoms with Crippen LogP contribution in [0.2, 0.25) is 0 Å². The third kappa shape index (κ3) is 6.19. The van der Waals surface area contributed by atoms with E-state index in [-0.39, 0.29) is 0 Å². The average molecular weight is 254 g/mol. The van der Waals surface area contributed by atoms with Crippen LogP contribution in [-0.2, 0) is 0 Å². The molecule has 0 bridgehead atoms. The van der Waals surface area contributed by atoms with Gasteiger partial charge in [-0.05, 0) is 82.5 Å². The summed E-state index contributed by atoms with van der Waals surface area (Å²) in [5.74, 6) is 2.56. The molecule has 0 amide bonds. The lowest BCUT2D eigenvalue weighted by Gasteiger charge is -2.23. The Morgan fingerprint density at radius 1 is 1.17 bits per heavy atom. The molecule has 0 saturated carbocycles. The van der Waals surface area contributed by atoms with E-state index in [4.69, 9.17) is 5.73 Å². The standard InChI is InChI=1S/C16H34N2/c1-14(2)16(8-10-17)7-5-12-18-11-4-6-15(3)9-13-18/h14-16H,4-13,17H2,1-3H3. The van der Waals surface area contributed by atoms with E-state index in [0.717, 1.165) is 24.3 Å². The van der Waals surface area contributed by atoms with Gasteiger partial charge in [0.2, 0.25) is 0 Å². The van der Waals surface area contributed by atoms with Crippen molar-refractivity contribution in [1.29, 1.82) is 0 Å². The Morgan fingerprint density at radius 2 is 1.94 bits per heavy atom. The Balaban J connectivity index is 2.19. The molecule has 1 saturated heterocycles. The molecular weight excluding hydrogens is 220 g/mol. The zero-order chi connectivity index (χ0) is 13.4. The SMILES string of the molecule is CC1CCCN(CCCC(CCN)C(C)C)CC1. The topological polar surface area (TPSA) is 29.3 Å². The number of likely N-dealkylation sites (tertiary alicyclic amines) is 1. The van der Waals surface area contributed by atoms with Crippen molar-refractivity contribution in [2.45, 2.75) is 59.3 Å². The molecule has 1 fully saturated rings. The maximum Gasteiger partial charge on any atom is -0.00162 e. The van der Waals surface area contributed by atoms with Gasteiger partial charge in [0.25, 0.3) is 0 Å². The van der Waals surface area contributed by atoms with Gasteiger partial charge in [0.05, 0.1) is 0 Å². The second-order valence-electron chi connectivity index (χ2n) is 6.60. The van der Waals surface area contributed by atoms with E-state index >= 15 is 0 Å². The second kappa shape index (κ2) is 8.92. The Kier molecular flexibility index (Phi) is 7.92. The van der Waals surface area contributed by atoms with Crippen LogP contribution in [0.4, 0.5) is 0 Å². The molecule has 0 aromatic rings. The molecule has 18 heavy (non-hydrogen) atoms. The van der Waals surface area contributed by atoms with E-state index in [2.05, 4.69) is 25.7 Å². The lowest BCUT2D eigenvalue weighted by Crippen LogP contribution is -2.26. The average Bonchev–Trinajstić information content (AvgIpc) is 2.53. The first-order valence-electron chi connectivity index (χ1n) is 8.06. The van der Waals surface area contributed by atoms with Crippen LogP contribution in [0.3, 0.4) is 0 Å². The largest absolute Gasteiger partial charge is 0.330 e. The fraction of sp³-hybridized carbons (Fsp3) is 1.00. The first-order valence-corrected chi connectivity index (χ1v) is 8.06. The first-order chi connectivity index (χ1) is 8.63. The predicted molar refractivity (Wildman–Crippen MR) is 80.7 cm³/mol. The quantitative estimate of drug-likeness (QED) is 0.753. The van der Waals surface area contributed by atoms with Crippen LogP contribution >= 0.6 is 0 Å². The van der Waals surface area contributed by atoms with E-state index in [9.17, 15) is 0 Å². The Labute approximate surface area is 114 Å². The fourth-order valence-electron chi connectivity index (χ4n) is 3.15. The molecular formula is C16H34N2. The maximum atomic E-state index is 5.71. The molecule has 108 valence electrons. The van der Waals surface area contributed by atoms with Gasteiger partial charge < -0.3 is 10.6 Å². The molecule has 2 heteroatoms. The summed E-state index contributed by atoms with van der Waals surface area (Å²) >= 11 is 0. The van der Waals surface area contributed by atoms with Crippen molar-refractivity contribution in [3.63, 3.8) is 0 Å². The minimum atomic E-state index is 0.790. The van der Waals surface area contributed by atoms with E-state index < -0.39 is 0 Å². The number of nitrogens with two attached hydrogens (primary N) is 1. The first kappa shape index (κ1) is 16.0. The summed E-state index contributed by atoms with van der Waals surface area (Å²) in [6.07, 6.45) is 8.15. The highest BCUT2D eigenvalue weighted by atomic mass is 15.1. The van der Waals surface area contributed by atoms with Gasteiger partial charge in [-0.3, -0.25) is 0 Å². The van der Waals surface area contributed by atoms with Crippen LogP contribution in [0, 0.1) is 17.8 Å². The lowest BCUT2D eigenvalue weighted by molar-refractivity contribution is 0.252. The highest BCUT2D eigenvalue weighted by Crippen LogP contribution is 2.21. The van der Waals surface area contributed by atoms with E-state index in [1.807, 2.05) is 0 Å². The number of rotatable bonds is 7. The Hall–Kier alpha value is -0.0800. The van der Waals surface area contributed by atoms with Gasteiger partial charge in [-0.25, -0.2) is 0 Å². The van der Waals surface area contributed by atoms with Crippen molar-refractivity contribution in [3.8, 4) is 0 Å². The van der Waals surface area contributed by atoms with Crippen molar-refractivity contribution < 1.29 is 0 Å². The summed E-state index contributed by atoms with van der Waals surface area (Å²) in [6.45, 7) is 11.9. The predicted octanol–water partition coefficient (Wildman–Crippen LogP) is 3.51. The molecule has 0 aliphatic carbocycles. The van der Waals surface area contributed by atoms with Crippen LogP contribution in [0.1, 0.15) is 59.3 Å². The summed E-state index contributed by atoms with van der Waals surface area (Å²) < 4.78 is 0. The van der Waals surface area contributed by atoms with Crippen molar-refractivity contribution >= 4 is 0 Å². The third-order valence-electron chi connectivity index (χ3n) is 4.64. The molecule has 2 N–H and O–H groups in total. The van der Waals surface area contributed by atoms with Crippen LogP contribution in [-0.4, -0.2) is 31.1 Å². The monoisotopic (exact) mass is 254 g/mol. The molecule has 0 radical (unpaired) electrons. The molecule has 1 heterocycles. The molecule has 0 aromatic carbocycles. The van der Waals surface area contributed by atoms with Crippen molar-refractivity contribution in [2.75, 3.05) is 26.2 Å². The summed E-state index contributed by atoms with van der Waals surface area (Å²) in [5.41, 5.74) is 5.71. The number of hydrogen-bond donors (Lipinski definition) is 1. The van der Waals surface area contributed by atoms with Crippen LogP contribution in [0.5, 0.6) is 0 Å². The lowest BCUT2D eigenvalue weighted by atomic mass is 9.88. The Morgan fingerprint density at radius 3 is 2.61 bits per heavy atom. The van der Waals surface area contributed by atoms with Crippen LogP contribution < -0.4 is 5.73 Å². The van der Waals surface area contributed by atoms with Gasteiger partial charge >= 0.3 is 0 Å². The highest BCUT2D eigenvalue weighted by molar-refractivity contribution is 4.69. The second-order valence-corrected chi connectivity index (χ2v) is 6.60. The summed E-state index contributed by atoms with van der Waals surface area (Å²) in [6, 6.07) is 0. The minimum Gasteiger partial charge on any atom is -0.330 e. The van der Waals surface area contributed by atoms with Crippen molar-refractivity contribution in [1.82, 2.24) is 4.90 Å². The Bertz CT molecular complexity index is 203. The molecule has 1 aliphatic heterocycles. The molecule has 1 aliphatic rings. The smallest absolute Gasteiger partial charge is 0.00162 e. The molecule has 0 aromatic heterocycles. The van der Waals surface area contributed by atoms with E-state index in [1.165, 1.54) is 58.2 Å². The summed E-state index contributed by atoms with van der Waals surface area (Å²) in [7, 11) is 0. The summed E-state index contributed by atoms with van der Waals surface area (Å²) in [5, 5.41) is 0. The zero-order valence-electron chi connectivity index (χ0n) is 12.8. The van der Waals surface area contributed by atoms with E-state index in [0.29, 0.717) is 0 Å². The summed E-state index contributed by atoms with van der Waals surface area (Å²) in [4.78, 5) is 2.68. The molecule has 2 nitrogen and oxygen atoms in total. The van der Waals surface area contributed by atoms with Gasteiger partial charge in [0.15, 0.2) is 0 Å². The minimum absolute atomic E-state index is 0.790. The normalized spacial score (nSPS) is 24.2. The zero-order valence-corrected chi connectivity index (χ0v) is 12.8. The van der Waals surface area contributed by atoms with Crippen molar-refractivity contribution in [2.24, 2.45) is 23.5 Å². The molecule has 1 rings (SSSR count).